The van der Waals surface area contributed by atoms with Crippen LogP contribution in [0.3, 0.4) is 0 Å². The molecule has 0 fully saturated rings. The number of nitrogens with one attached hydrogen (secondary N) is 1. The normalized spacial score (nSPS) is 12.4. The van der Waals surface area contributed by atoms with Crippen molar-refractivity contribution in [2.45, 2.75) is 32.8 Å². The van der Waals surface area contributed by atoms with Crippen molar-refractivity contribution in [1.29, 1.82) is 0 Å². The van der Waals surface area contributed by atoms with Crippen LogP contribution in [0.25, 0.3) is 0 Å². The molecule has 2 N–H and O–H groups in total. The predicted octanol–water partition coefficient (Wildman–Crippen LogP) is 2.46. The fourth-order valence-electron chi connectivity index (χ4n) is 1.81. The Kier molecular flexibility index (Phi) is 6.22. The van der Waals surface area contributed by atoms with Crippen molar-refractivity contribution in [3.63, 3.8) is 0 Å². The van der Waals surface area contributed by atoms with Crippen LogP contribution in [0.4, 0.5) is 4.79 Å². The van der Waals surface area contributed by atoms with Gasteiger partial charge in [0.05, 0.1) is 13.0 Å². The van der Waals surface area contributed by atoms with Gasteiger partial charge in [-0.05, 0) is 44.9 Å². The van der Waals surface area contributed by atoms with Gasteiger partial charge in [-0.15, -0.1) is 0 Å². The Morgan fingerprint density at radius 1 is 1.23 bits per heavy atom. The zero-order valence-electron chi connectivity index (χ0n) is 13.4. The number of benzene rings is 1. The van der Waals surface area contributed by atoms with Gasteiger partial charge >= 0.3 is 12.1 Å². The lowest BCUT2D eigenvalue weighted by Gasteiger charge is -2.21. The molecule has 0 saturated carbocycles. The molecule has 0 bridgehead atoms. The Morgan fingerprint density at radius 3 is 2.27 bits per heavy atom. The Labute approximate surface area is 130 Å². The van der Waals surface area contributed by atoms with Gasteiger partial charge < -0.3 is 19.9 Å². The monoisotopic (exact) mass is 309 g/mol. The van der Waals surface area contributed by atoms with Gasteiger partial charge in [0.25, 0.3) is 0 Å². The SMILES string of the molecule is COc1ccc(C[C@H](CNC(=O)OC(C)(C)C)C(=O)O)cc1. The molecule has 0 aromatic heterocycles. The molecule has 1 atom stereocenters. The van der Waals surface area contributed by atoms with Gasteiger partial charge in [-0.25, -0.2) is 4.79 Å². The number of aliphatic carboxylic acids is 1. The van der Waals surface area contributed by atoms with E-state index in [0.29, 0.717) is 12.2 Å². The van der Waals surface area contributed by atoms with E-state index in [1.807, 2.05) is 12.1 Å². The number of amides is 1. The smallest absolute Gasteiger partial charge is 0.407 e. The lowest BCUT2D eigenvalue weighted by atomic mass is 9.99. The van der Waals surface area contributed by atoms with Gasteiger partial charge in [0.2, 0.25) is 0 Å². The molecule has 0 heterocycles. The number of rotatable bonds is 6. The highest BCUT2D eigenvalue weighted by atomic mass is 16.6. The maximum Gasteiger partial charge on any atom is 0.407 e. The zero-order valence-corrected chi connectivity index (χ0v) is 13.4. The summed E-state index contributed by atoms with van der Waals surface area (Å²) in [5.41, 5.74) is 0.248. The standard InChI is InChI=1S/C16H23NO5/c1-16(2,3)22-15(20)17-10-12(14(18)19)9-11-5-7-13(21-4)8-6-11/h5-8,12H,9-10H2,1-4H3,(H,17,20)(H,18,19)/t12-/m1/s1. The summed E-state index contributed by atoms with van der Waals surface area (Å²) in [6.07, 6.45) is -0.303. The van der Waals surface area contributed by atoms with Gasteiger partial charge in [0.15, 0.2) is 0 Å². The van der Waals surface area contributed by atoms with Gasteiger partial charge in [-0.3, -0.25) is 4.79 Å². The van der Waals surface area contributed by atoms with Crippen LogP contribution in [0.2, 0.25) is 0 Å². The number of methoxy groups -OCH3 is 1. The molecule has 0 aliphatic rings. The molecule has 0 radical (unpaired) electrons. The highest BCUT2D eigenvalue weighted by Crippen LogP contribution is 2.15. The lowest BCUT2D eigenvalue weighted by Crippen LogP contribution is -2.37. The highest BCUT2D eigenvalue weighted by molar-refractivity contribution is 5.73. The topological polar surface area (TPSA) is 84.9 Å². The summed E-state index contributed by atoms with van der Waals surface area (Å²) in [6.45, 7) is 5.26. The number of carbonyl (C=O) groups is 2. The molecular formula is C16H23NO5. The minimum atomic E-state index is -0.966. The number of hydrogen-bond donors (Lipinski definition) is 2. The van der Waals surface area contributed by atoms with Crippen molar-refractivity contribution in [3.05, 3.63) is 29.8 Å². The van der Waals surface area contributed by atoms with Crippen LogP contribution in [0.5, 0.6) is 5.75 Å². The predicted molar refractivity (Wildman–Crippen MR) is 82.1 cm³/mol. The van der Waals surface area contributed by atoms with Crippen LogP contribution < -0.4 is 10.1 Å². The molecule has 0 spiro atoms. The van der Waals surface area contributed by atoms with E-state index in [-0.39, 0.29) is 6.54 Å². The summed E-state index contributed by atoms with van der Waals surface area (Å²) in [5.74, 6) is -0.977. The van der Waals surface area contributed by atoms with Gasteiger partial charge in [0, 0.05) is 6.54 Å². The van der Waals surface area contributed by atoms with Crippen LogP contribution in [-0.4, -0.2) is 36.4 Å². The summed E-state index contributed by atoms with van der Waals surface area (Å²) in [7, 11) is 1.57. The van der Waals surface area contributed by atoms with Crippen molar-refractivity contribution in [2.75, 3.05) is 13.7 Å². The third kappa shape index (κ3) is 6.47. The molecule has 1 aromatic carbocycles. The van der Waals surface area contributed by atoms with Gasteiger partial charge in [-0.1, -0.05) is 12.1 Å². The first kappa shape index (κ1) is 17.8. The fourth-order valence-corrected chi connectivity index (χ4v) is 1.81. The molecule has 0 unspecified atom stereocenters. The summed E-state index contributed by atoms with van der Waals surface area (Å²) in [6, 6.07) is 7.16. The second-order valence-electron chi connectivity index (χ2n) is 5.97. The van der Waals surface area contributed by atoms with Crippen LogP contribution in [0.15, 0.2) is 24.3 Å². The third-order valence-corrected chi connectivity index (χ3v) is 2.88. The molecular weight excluding hydrogens is 286 g/mol. The minimum absolute atomic E-state index is 0.0102. The van der Waals surface area contributed by atoms with Crippen molar-refractivity contribution >= 4 is 12.1 Å². The van der Waals surface area contributed by atoms with Crippen LogP contribution in [-0.2, 0) is 16.0 Å². The van der Waals surface area contributed by atoms with Gasteiger partial charge in [0.1, 0.15) is 11.4 Å². The number of ether oxygens (including phenoxy) is 2. The molecule has 0 saturated heterocycles. The summed E-state index contributed by atoms with van der Waals surface area (Å²) < 4.78 is 10.1. The number of carboxylic acid groups (broad SMARTS) is 1. The first-order valence-corrected chi connectivity index (χ1v) is 7.04. The van der Waals surface area contributed by atoms with Crippen LogP contribution in [0.1, 0.15) is 26.3 Å². The molecule has 22 heavy (non-hydrogen) atoms. The highest BCUT2D eigenvalue weighted by Gasteiger charge is 2.21. The molecule has 122 valence electrons. The average Bonchev–Trinajstić information content (AvgIpc) is 2.41. The second kappa shape index (κ2) is 7.68. The molecule has 1 amide bonds. The molecule has 6 heteroatoms. The van der Waals surface area contributed by atoms with E-state index >= 15 is 0 Å². The molecule has 0 aliphatic carbocycles. The number of alkyl carbamates (subject to hydrolysis) is 1. The minimum Gasteiger partial charge on any atom is -0.497 e. The maximum absolute atomic E-state index is 11.6. The first-order valence-electron chi connectivity index (χ1n) is 7.04. The Hall–Kier alpha value is -2.24. The third-order valence-electron chi connectivity index (χ3n) is 2.88. The zero-order chi connectivity index (χ0) is 16.8. The van der Waals surface area contributed by atoms with E-state index < -0.39 is 23.6 Å². The van der Waals surface area contributed by atoms with Gasteiger partial charge in [-0.2, -0.15) is 0 Å². The van der Waals surface area contributed by atoms with Crippen LogP contribution in [0, 0.1) is 5.92 Å². The Bertz CT molecular complexity index is 504. The molecule has 1 rings (SSSR count). The van der Waals surface area contributed by atoms with E-state index in [4.69, 9.17) is 9.47 Å². The average molecular weight is 309 g/mol. The Balaban J connectivity index is 2.58. The second-order valence-corrected chi connectivity index (χ2v) is 5.97. The lowest BCUT2D eigenvalue weighted by molar-refractivity contribution is -0.141. The van der Waals surface area contributed by atoms with E-state index in [1.165, 1.54) is 0 Å². The summed E-state index contributed by atoms with van der Waals surface area (Å²) in [4.78, 5) is 22.9. The fraction of sp³-hybridized carbons (Fsp3) is 0.500. The largest absolute Gasteiger partial charge is 0.497 e. The first-order chi connectivity index (χ1) is 10.2. The van der Waals surface area contributed by atoms with E-state index in [1.54, 1.807) is 40.0 Å². The maximum atomic E-state index is 11.6. The van der Waals surface area contributed by atoms with E-state index in [0.717, 1.165) is 5.56 Å². The van der Waals surface area contributed by atoms with Crippen molar-refractivity contribution in [3.8, 4) is 5.75 Å². The summed E-state index contributed by atoms with van der Waals surface area (Å²) in [5, 5.41) is 11.8. The number of carboxylic acids is 1. The van der Waals surface area contributed by atoms with Crippen LogP contribution >= 0.6 is 0 Å². The molecule has 1 aromatic rings. The van der Waals surface area contributed by atoms with Crippen molar-refractivity contribution in [1.82, 2.24) is 5.32 Å². The van der Waals surface area contributed by atoms with Crippen molar-refractivity contribution < 1.29 is 24.2 Å². The summed E-state index contributed by atoms with van der Waals surface area (Å²) >= 11 is 0. The quantitative estimate of drug-likeness (QED) is 0.843. The number of carbonyl (C=O) groups excluding carboxylic acids is 1. The molecule has 0 aliphatic heterocycles. The van der Waals surface area contributed by atoms with Crippen molar-refractivity contribution in [2.24, 2.45) is 5.92 Å². The number of hydrogen-bond acceptors (Lipinski definition) is 4. The molecule has 6 nitrogen and oxygen atoms in total. The Morgan fingerprint density at radius 2 is 1.82 bits per heavy atom. The van der Waals surface area contributed by atoms with E-state index in [2.05, 4.69) is 5.32 Å². The van der Waals surface area contributed by atoms with E-state index in [9.17, 15) is 14.7 Å².